The number of phenolic OH excluding ortho intramolecular Hbond substituents is 1. The first-order valence-corrected chi connectivity index (χ1v) is 13.2. The molecule has 0 heterocycles. The Kier molecular flexibility index (Phi) is 9.00. The van der Waals surface area contributed by atoms with Gasteiger partial charge in [-0.3, -0.25) is 0 Å². The zero-order valence-electron chi connectivity index (χ0n) is 23.1. The predicted octanol–water partition coefficient (Wildman–Crippen LogP) is 5.79. The molecule has 3 aromatic carbocycles. The highest BCUT2D eigenvalue weighted by Gasteiger charge is 2.26. The molecule has 0 bridgehead atoms. The molecular weight excluding hydrogens is 483 g/mol. The molecule has 4 rings (SSSR count). The third-order valence-corrected chi connectivity index (χ3v) is 7.28. The van der Waals surface area contributed by atoms with Crippen molar-refractivity contribution in [2.75, 3.05) is 52.9 Å². The number of ether oxygens (including phenoxy) is 3. The van der Waals surface area contributed by atoms with Gasteiger partial charge in [0.15, 0.2) is 23.1 Å². The molecule has 0 unspecified atom stereocenters. The SMILES string of the molecule is CCN(Cc1ccc(OCCN(C)C)c(F)c1)c1cc(OC)c(OC)cc1[C@@H]1CCc2cc(O)ccc2C1. The molecule has 1 N–H and O–H groups in total. The van der Waals surface area contributed by atoms with Gasteiger partial charge in [-0.1, -0.05) is 12.1 Å². The average Bonchev–Trinajstić information content (AvgIpc) is 2.91. The molecule has 0 spiro atoms. The number of methoxy groups -OCH3 is 2. The molecular formula is C31H39FN2O4. The maximum atomic E-state index is 14.9. The van der Waals surface area contributed by atoms with Crippen LogP contribution in [0.15, 0.2) is 48.5 Å². The summed E-state index contributed by atoms with van der Waals surface area (Å²) < 4.78 is 31.8. The molecule has 7 heteroatoms. The standard InChI is InChI=1S/C31H39FN2O4/c1-6-34(20-21-7-12-29(27(32)15-21)38-14-13-33(2)3)28-19-31(37-5)30(36-4)18-26(28)24-9-8-23-17-25(35)11-10-22(23)16-24/h7,10-12,15,17-19,24,35H,6,8-9,13-14,16,20H2,1-5H3/t24-/m1/s1. The summed E-state index contributed by atoms with van der Waals surface area (Å²) in [6.07, 6.45) is 2.74. The van der Waals surface area contributed by atoms with Crippen LogP contribution in [0.2, 0.25) is 0 Å². The summed E-state index contributed by atoms with van der Waals surface area (Å²) in [6.45, 7) is 4.55. The summed E-state index contributed by atoms with van der Waals surface area (Å²) in [5.74, 6) is 1.88. The van der Waals surface area contributed by atoms with Crippen molar-refractivity contribution < 1.29 is 23.7 Å². The first-order valence-electron chi connectivity index (χ1n) is 13.2. The number of hydrogen-bond acceptors (Lipinski definition) is 6. The summed E-state index contributed by atoms with van der Waals surface area (Å²) >= 11 is 0. The van der Waals surface area contributed by atoms with Gasteiger partial charge in [0.05, 0.1) is 14.2 Å². The molecule has 1 atom stereocenters. The Hall–Kier alpha value is -3.45. The number of aryl methyl sites for hydroxylation is 1. The minimum absolute atomic E-state index is 0.275. The maximum absolute atomic E-state index is 14.9. The van der Waals surface area contributed by atoms with Gasteiger partial charge >= 0.3 is 0 Å². The number of aromatic hydroxyl groups is 1. The largest absolute Gasteiger partial charge is 0.508 e. The van der Waals surface area contributed by atoms with Crippen molar-refractivity contribution in [3.05, 3.63) is 76.6 Å². The molecule has 0 aliphatic heterocycles. The van der Waals surface area contributed by atoms with Crippen molar-refractivity contribution in [1.29, 1.82) is 0 Å². The first kappa shape index (κ1) is 27.6. The Morgan fingerprint density at radius 3 is 2.39 bits per heavy atom. The fourth-order valence-electron chi connectivity index (χ4n) is 5.18. The Balaban J connectivity index is 1.63. The molecule has 0 amide bonds. The van der Waals surface area contributed by atoms with E-state index in [0.29, 0.717) is 30.4 Å². The van der Waals surface area contributed by atoms with E-state index < -0.39 is 0 Å². The molecule has 0 saturated heterocycles. The van der Waals surface area contributed by atoms with Crippen LogP contribution in [0, 0.1) is 5.82 Å². The van der Waals surface area contributed by atoms with Crippen molar-refractivity contribution in [2.24, 2.45) is 0 Å². The lowest BCUT2D eigenvalue weighted by molar-refractivity contribution is 0.252. The highest BCUT2D eigenvalue weighted by Crippen LogP contribution is 2.43. The number of anilines is 1. The van der Waals surface area contributed by atoms with Crippen LogP contribution < -0.4 is 19.1 Å². The van der Waals surface area contributed by atoms with Crippen molar-refractivity contribution in [2.45, 2.75) is 38.6 Å². The normalized spacial score (nSPS) is 14.8. The van der Waals surface area contributed by atoms with E-state index in [-0.39, 0.29) is 17.5 Å². The topological polar surface area (TPSA) is 54.4 Å². The summed E-state index contributed by atoms with van der Waals surface area (Å²) in [5, 5.41) is 9.91. The Morgan fingerprint density at radius 2 is 1.71 bits per heavy atom. The number of nitrogens with zero attached hydrogens (tertiary/aromatic N) is 2. The van der Waals surface area contributed by atoms with Crippen LogP contribution in [-0.4, -0.2) is 58.0 Å². The average molecular weight is 523 g/mol. The second-order valence-electron chi connectivity index (χ2n) is 10.1. The highest BCUT2D eigenvalue weighted by molar-refractivity contribution is 5.64. The fourth-order valence-corrected chi connectivity index (χ4v) is 5.18. The zero-order chi connectivity index (χ0) is 27.2. The van der Waals surface area contributed by atoms with Crippen LogP contribution in [0.25, 0.3) is 0 Å². The molecule has 1 aliphatic rings. The summed E-state index contributed by atoms with van der Waals surface area (Å²) in [5.41, 5.74) is 5.58. The van der Waals surface area contributed by atoms with E-state index in [4.69, 9.17) is 14.2 Å². The predicted molar refractivity (Wildman–Crippen MR) is 150 cm³/mol. The molecule has 0 saturated carbocycles. The van der Waals surface area contributed by atoms with Crippen LogP contribution in [0.1, 0.15) is 41.5 Å². The third kappa shape index (κ3) is 6.33. The Morgan fingerprint density at radius 1 is 0.947 bits per heavy atom. The number of benzene rings is 3. The third-order valence-electron chi connectivity index (χ3n) is 7.28. The smallest absolute Gasteiger partial charge is 0.165 e. The summed E-state index contributed by atoms with van der Waals surface area (Å²) in [7, 11) is 7.22. The van der Waals surface area contributed by atoms with Crippen LogP contribution in [0.3, 0.4) is 0 Å². The number of phenols is 1. The lowest BCUT2D eigenvalue weighted by Crippen LogP contribution is -2.25. The van der Waals surface area contributed by atoms with Crippen molar-refractivity contribution in [3.8, 4) is 23.0 Å². The monoisotopic (exact) mass is 522 g/mol. The minimum Gasteiger partial charge on any atom is -0.508 e. The quantitative estimate of drug-likeness (QED) is 0.344. The van der Waals surface area contributed by atoms with Crippen LogP contribution in [0.4, 0.5) is 10.1 Å². The second kappa shape index (κ2) is 12.4. The van der Waals surface area contributed by atoms with E-state index in [9.17, 15) is 9.50 Å². The Labute approximate surface area is 225 Å². The lowest BCUT2D eigenvalue weighted by atomic mass is 9.79. The van der Waals surface area contributed by atoms with Gasteiger partial charge in [0.25, 0.3) is 0 Å². The number of likely N-dealkylation sites (N-methyl/N-ethyl adjacent to an activating group) is 1. The lowest BCUT2D eigenvalue weighted by Gasteiger charge is -2.32. The van der Waals surface area contributed by atoms with E-state index >= 15 is 0 Å². The van der Waals surface area contributed by atoms with Gasteiger partial charge in [-0.05, 0) is 98.8 Å². The molecule has 204 valence electrons. The van der Waals surface area contributed by atoms with Crippen molar-refractivity contribution in [1.82, 2.24) is 4.90 Å². The molecule has 1 aliphatic carbocycles. The van der Waals surface area contributed by atoms with Crippen LogP contribution in [0.5, 0.6) is 23.0 Å². The van der Waals surface area contributed by atoms with Crippen LogP contribution >= 0.6 is 0 Å². The molecule has 38 heavy (non-hydrogen) atoms. The summed E-state index contributed by atoms with van der Waals surface area (Å²) in [6, 6.07) is 15.0. The first-order chi connectivity index (χ1) is 18.3. The van der Waals surface area contributed by atoms with Gasteiger partial charge in [-0.2, -0.15) is 0 Å². The second-order valence-corrected chi connectivity index (χ2v) is 10.1. The number of fused-ring (bicyclic) bond motifs is 1. The van der Waals surface area contributed by atoms with Gasteiger partial charge in [0, 0.05) is 31.4 Å². The molecule has 0 fully saturated rings. The van der Waals surface area contributed by atoms with E-state index in [2.05, 4.69) is 17.9 Å². The van der Waals surface area contributed by atoms with Crippen molar-refractivity contribution in [3.63, 3.8) is 0 Å². The van der Waals surface area contributed by atoms with Crippen molar-refractivity contribution >= 4 is 5.69 Å². The molecule has 0 radical (unpaired) electrons. The van der Waals surface area contributed by atoms with E-state index in [1.165, 1.54) is 16.7 Å². The number of halogens is 1. The maximum Gasteiger partial charge on any atom is 0.165 e. The van der Waals surface area contributed by atoms with Crippen LogP contribution in [-0.2, 0) is 19.4 Å². The molecule has 6 nitrogen and oxygen atoms in total. The molecule has 3 aromatic rings. The zero-order valence-corrected chi connectivity index (χ0v) is 23.1. The fraction of sp³-hybridized carbons (Fsp3) is 0.419. The minimum atomic E-state index is -0.350. The number of hydrogen-bond donors (Lipinski definition) is 1. The van der Waals surface area contributed by atoms with Gasteiger partial charge in [-0.25, -0.2) is 4.39 Å². The highest BCUT2D eigenvalue weighted by atomic mass is 19.1. The molecule has 0 aromatic heterocycles. The number of rotatable bonds is 11. The van der Waals surface area contributed by atoms with E-state index in [1.807, 2.05) is 43.3 Å². The summed E-state index contributed by atoms with van der Waals surface area (Å²) in [4.78, 5) is 4.26. The Bertz CT molecular complexity index is 1250. The van der Waals surface area contributed by atoms with Gasteiger partial charge < -0.3 is 29.1 Å². The van der Waals surface area contributed by atoms with Gasteiger partial charge in [-0.15, -0.1) is 0 Å². The van der Waals surface area contributed by atoms with Gasteiger partial charge in [0.2, 0.25) is 0 Å². The van der Waals surface area contributed by atoms with E-state index in [0.717, 1.165) is 43.6 Å². The van der Waals surface area contributed by atoms with E-state index in [1.54, 1.807) is 32.4 Å². The van der Waals surface area contributed by atoms with Gasteiger partial charge in [0.1, 0.15) is 12.4 Å².